The van der Waals surface area contributed by atoms with E-state index < -0.39 is 22.2 Å². The minimum atomic E-state index is -3.20. The van der Waals surface area contributed by atoms with Crippen LogP contribution in [0.5, 0.6) is 5.75 Å². The van der Waals surface area contributed by atoms with Gasteiger partial charge < -0.3 is 15.2 Å². The number of methoxy groups -OCH3 is 1. The molecule has 1 amide bonds. The normalized spacial score (nSPS) is 18.9. The predicted molar refractivity (Wildman–Crippen MR) is 99.3 cm³/mol. The smallest absolute Gasteiger partial charge is 0.223 e. The second kappa shape index (κ2) is 8.83. The Balaban J connectivity index is 1.88. The van der Waals surface area contributed by atoms with Gasteiger partial charge in [-0.15, -0.1) is 0 Å². The van der Waals surface area contributed by atoms with Crippen LogP contribution in [0.25, 0.3) is 0 Å². The van der Waals surface area contributed by atoms with Crippen LogP contribution in [0.4, 0.5) is 0 Å². The van der Waals surface area contributed by atoms with E-state index in [2.05, 4.69) is 5.32 Å². The first-order chi connectivity index (χ1) is 12.3. The average molecular weight is 384 g/mol. The Morgan fingerprint density at radius 2 is 1.88 bits per heavy atom. The summed E-state index contributed by atoms with van der Waals surface area (Å²) >= 11 is 0. The van der Waals surface area contributed by atoms with E-state index in [4.69, 9.17) is 4.74 Å². The zero-order chi connectivity index (χ0) is 19.3. The number of nitrogens with one attached hydrogen (secondary N) is 1. The van der Waals surface area contributed by atoms with Crippen molar-refractivity contribution in [2.75, 3.05) is 26.0 Å². The van der Waals surface area contributed by atoms with Crippen molar-refractivity contribution in [1.29, 1.82) is 0 Å². The second-order valence-corrected chi connectivity index (χ2v) is 8.85. The maximum Gasteiger partial charge on any atom is 0.223 e. The molecule has 0 saturated carbocycles. The molecule has 2 rings (SSSR count). The van der Waals surface area contributed by atoms with Crippen LogP contribution in [0, 0.1) is 5.92 Å². The lowest BCUT2D eigenvalue weighted by molar-refractivity contribution is -0.127. The highest BCUT2D eigenvalue weighted by Gasteiger charge is 2.31. The molecule has 7 nitrogen and oxygen atoms in total. The van der Waals surface area contributed by atoms with Crippen molar-refractivity contribution in [3.63, 3.8) is 0 Å². The number of amides is 1. The van der Waals surface area contributed by atoms with Gasteiger partial charge in [-0.2, -0.15) is 0 Å². The minimum Gasteiger partial charge on any atom is -0.497 e. The number of aliphatic hydroxyl groups excluding tert-OH is 1. The monoisotopic (exact) mass is 384 g/mol. The number of ether oxygens (including phenoxy) is 1. The standard InChI is InChI=1S/C18H28N2O5S/c1-4-26(23,24)20-11-9-15(10-12-20)18(22)19-13(2)17(21)14-5-7-16(25-3)8-6-14/h5-8,13,15,17,21H,4,9-12H2,1-3H3,(H,19,22). The number of sulfonamides is 1. The van der Waals surface area contributed by atoms with Crippen LogP contribution >= 0.6 is 0 Å². The quantitative estimate of drug-likeness (QED) is 0.739. The Morgan fingerprint density at radius 1 is 1.31 bits per heavy atom. The molecule has 0 aromatic heterocycles. The molecule has 26 heavy (non-hydrogen) atoms. The summed E-state index contributed by atoms with van der Waals surface area (Å²) in [6, 6.07) is 6.60. The average Bonchev–Trinajstić information content (AvgIpc) is 2.67. The molecule has 1 aliphatic rings. The van der Waals surface area contributed by atoms with E-state index >= 15 is 0 Å². The number of nitrogens with zero attached hydrogens (tertiary/aromatic N) is 1. The molecule has 146 valence electrons. The maximum atomic E-state index is 12.5. The van der Waals surface area contributed by atoms with Crippen LogP contribution in [-0.2, 0) is 14.8 Å². The number of aliphatic hydroxyl groups is 1. The molecule has 0 aliphatic carbocycles. The Hall–Kier alpha value is -1.64. The van der Waals surface area contributed by atoms with Gasteiger partial charge in [0.05, 0.1) is 25.0 Å². The largest absolute Gasteiger partial charge is 0.497 e. The Bertz CT molecular complexity index is 697. The first-order valence-electron chi connectivity index (χ1n) is 8.88. The molecule has 1 aromatic rings. The molecule has 1 saturated heterocycles. The van der Waals surface area contributed by atoms with E-state index in [0.717, 1.165) is 0 Å². The van der Waals surface area contributed by atoms with Crippen molar-refractivity contribution in [1.82, 2.24) is 9.62 Å². The number of piperidine rings is 1. The molecular weight excluding hydrogens is 356 g/mol. The molecule has 0 radical (unpaired) electrons. The fourth-order valence-electron chi connectivity index (χ4n) is 3.09. The third-order valence-electron chi connectivity index (χ3n) is 4.88. The van der Waals surface area contributed by atoms with Gasteiger partial charge in [-0.05, 0) is 44.4 Å². The van der Waals surface area contributed by atoms with Crippen molar-refractivity contribution < 1.29 is 23.1 Å². The molecule has 2 atom stereocenters. The van der Waals surface area contributed by atoms with Crippen molar-refractivity contribution >= 4 is 15.9 Å². The van der Waals surface area contributed by atoms with Crippen molar-refractivity contribution in [2.24, 2.45) is 5.92 Å². The Kier molecular flexibility index (Phi) is 7.02. The summed E-state index contributed by atoms with van der Waals surface area (Å²) in [4.78, 5) is 12.5. The van der Waals surface area contributed by atoms with Gasteiger partial charge in [0, 0.05) is 19.0 Å². The summed E-state index contributed by atoms with van der Waals surface area (Å²) in [5, 5.41) is 13.3. The van der Waals surface area contributed by atoms with Gasteiger partial charge in [0.1, 0.15) is 5.75 Å². The fraction of sp³-hybridized carbons (Fsp3) is 0.611. The highest BCUT2D eigenvalue weighted by atomic mass is 32.2. The van der Waals surface area contributed by atoms with Crippen LogP contribution in [0.2, 0.25) is 0 Å². The van der Waals surface area contributed by atoms with Crippen molar-refractivity contribution in [3.8, 4) is 5.75 Å². The van der Waals surface area contributed by atoms with Gasteiger partial charge in [-0.1, -0.05) is 12.1 Å². The summed E-state index contributed by atoms with van der Waals surface area (Å²) in [6.45, 7) is 4.10. The van der Waals surface area contributed by atoms with Gasteiger partial charge in [0.15, 0.2) is 0 Å². The third kappa shape index (κ3) is 4.96. The maximum absolute atomic E-state index is 12.5. The lowest BCUT2D eigenvalue weighted by Gasteiger charge is -2.31. The molecule has 1 aliphatic heterocycles. The van der Waals surface area contributed by atoms with Crippen LogP contribution in [0.3, 0.4) is 0 Å². The summed E-state index contributed by atoms with van der Waals surface area (Å²) in [5.74, 6) is 0.406. The molecule has 2 N–H and O–H groups in total. The lowest BCUT2D eigenvalue weighted by Crippen LogP contribution is -2.46. The first kappa shape index (κ1) is 20.7. The molecule has 2 unspecified atom stereocenters. The molecule has 1 aromatic carbocycles. The van der Waals surface area contributed by atoms with Crippen LogP contribution in [-0.4, -0.2) is 55.7 Å². The summed E-state index contributed by atoms with van der Waals surface area (Å²) < 4.78 is 30.3. The first-order valence-corrected chi connectivity index (χ1v) is 10.5. The van der Waals surface area contributed by atoms with Gasteiger partial charge in [0.2, 0.25) is 15.9 Å². The summed E-state index contributed by atoms with van der Waals surface area (Å²) in [5.41, 5.74) is 0.697. The number of carbonyl (C=O) groups is 1. The zero-order valence-corrected chi connectivity index (χ0v) is 16.3. The highest BCUT2D eigenvalue weighted by molar-refractivity contribution is 7.89. The fourth-order valence-corrected chi connectivity index (χ4v) is 4.22. The van der Waals surface area contributed by atoms with Crippen molar-refractivity contribution in [2.45, 2.75) is 38.8 Å². The van der Waals surface area contributed by atoms with Gasteiger partial charge in [0.25, 0.3) is 0 Å². The highest BCUT2D eigenvalue weighted by Crippen LogP contribution is 2.23. The number of hydrogen-bond donors (Lipinski definition) is 2. The summed E-state index contributed by atoms with van der Waals surface area (Å²) in [6.07, 6.45) is 0.165. The van der Waals surface area contributed by atoms with E-state index in [1.54, 1.807) is 45.2 Å². The van der Waals surface area contributed by atoms with E-state index in [-0.39, 0.29) is 17.6 Å². The minimum absolute atomic E-state index is 0.0783. The zero-order valence-electron chi connectivity index (χ0n) is 15.5. The van der Waals surface area contributed by atoms with Gasteiger partial charge in [-0.25, -0.2) is 12.7 Å². The number of hydrogen-bond acceptors (Lipinski definition) is 5. The second-order valence-electron chi connectivity index (χ2n) is 6.59. The Labute approximate surface area is 155 Å². The topological polar surface area (TPSA) is 95.9 Å². The van der Waals surface area contributed by atoms with Crippen LogP contribution < -0.4 is 10.1 Å². The molecule has 1 fully saturated rings. The summed E-state index contributed by atoms with van der Waals surface area (Å²) in [7, 11) is -1.62. The number of benzene rings is 1. The van der Waals surface area contributed by atoms with Gasteiger partial charge in [-0.3, -0.25) is 4.79 Å². The molecular formula is C18H28N2O5S. The predicted octanol–water partition coefficient (Wildman–Crippen LogP) is 1.30. The van der Waals surface area contributed by atoms with E-state index in [0.29, 0.717) is 37.2 Å². The Morgan fingerprint density at radius 3 is 2.38 bits per heavy atom. The van der Waals surface area contributed by atoms with Crippen molar-refractivity contribution in [3.05, 3.63) is 29.8 Å². The van der Waals surface area contributed by atoms with E-state index in [1.807, 2.05) is 0 Å². The SMILES string of the molecule is CCS(=O)(=O)N1CCC(C(=O)NC(C)C(O)c2ccc(OC)cc2)CC1. The lowest BCUT2D eigenvalue weighted by atomic mass is 9.96. The molecule has 0 bridgehead atoms. The molecule has 0 spiro atoms. The molecule has 1 heterocycles. The van der Waals surface area contributed by atoms with Crippen LogP contribution in [0.15, 0.2) is 24.3 Å². The molecule has 8 heteroatoms. The van der Waals surface area contributed by atoms with E-state index in [9.17, 15) is 18.3 Å². The van der Waals surface area contributed by atoms with Crippen LogP contribution in [0.1, 0.15) is 38.4 Å². The van der Waals surface area contributed by atoms with E-state index in [1.165, 1.54) is 4.31 Å². The number of carbonyl (C=O) groups excluding carboxylic acids is 1. The van der Waals surface area contributed by atoms with Gasteiger partial charge >= 0.3 is 0 Å². The number of rotatable bonds is 7. The third-order valence-corrected chi connectivity index (χ3v) is 6.77.